The SMILES string of the molecule is C=C/C(=C\C(=[C-]CC)B(O)O[C-]=O)C(=O)Nc1ccccn1.CC.CC.[W+2]. The Morgan fingerprint density at radius 1 is 1.37 bits per heavy atom. The molecule has 0 atom stereocenters. The Morgan fingerprint density at radius 3 is 2.44 bits per heavy atom. The molecule has 1 rings (SSSR count). The second-order valence-corrected chi connectivity index (χ2v) is 4.01. The fraction of sp³-hybridized carbons (Fsp3) is 0.316. The molecule has 0 unspecified atom stereocenters. The zero-order valence-electron chi connectivity index (χ0n) is 16.5. The van der Waals surface area contributed by atoms with Crippen LogP contribution in [0.15, 0.2) is 54.2 Å². The van der Waals surface area contributed by atoms with E-state index in [1.54, 1.807) is 31.3 Å². The van der Waals surface area contributed by atoms with E-state index in [1.807, 2.05) is 27.7 Å². The molecule has 0 spiro atoms. The Balaban J connectivity index is -0.00000108. The topological polar surface area (TPSA) is 88.5 Å². The normalized spacial score (nSPS) is 9.85. The van der Waals surface area contributed by atoms with Crippen LogP contribution in [0.4, 0.5) is 5.82 Å². The van der Waals surface area contributed by atoms with Crippen molar-refractivity contribution < 1.29 is 40.3 Å². The van der Waals surface area contributed by atoms with E-state index in [1.165, 1.54) is 12.2 Å². The van der Waals surface area contributed by atoms with E-state index in [2.05, 4.69) is 27.6 Å². The first-order chi connectivity index (χ1) is 12.6. The number of amides is 1. The number of nitrogens with one attached hydrogen (secondary N) is 1. The molecule has 2 N–H and O–H groups in total. The number of carbonyl (C=O) groups is 1. The number of hydrogen-bond donors (Lipinski definition) is 2. The summed E-state index contributed by atoms with van der Waals surface area (Å²) in [4.78, 5) is 26.3. The Hall–Kier alpha value is -1.98. The van der Waals surface area contributed by atoms with Gasteiger partial charge >= 0.3 is 28.2 Å². The van der Waals surface area contributed by atoms with Gasteiger partial charge in [0.15, 0.2) is 0 Å². The van der Waals surface area contributed by atoms with Gasteiger partial charge in [0.1, 0.15) is 5.82 Å². The maximum atomic E-state index is 12.1. The summed E-state index contributed by atoms with van der Waals surface area (Å²) >= 11 is 0. The molecule has 0 saturated carbocycles. The molecule has 1 amide bonds. The van der Waals surface area contributed by atoms with Gasteiger partial charge in [0, 0.05) is 6.20 Å². The number of hydrogen-bond acceptors (Lipinski definition) is 5. The third-order valence-electron chi connectivity index (χ3n) is 2.51. The summed E-state index contributed by atoms with van der Waals surface area (Å²) < 4.78 is 4.33. The van der Waals surface area contributed by atoms with Crippen molar-refractivity contribution in [2.75, 3.05) is 5.32 Å². The first-order valence-electron chi connectivity index (χ1n) is 8.50. The summed E-state index contributed by atoms with van der Waals surface area (Å²) in [6, 6.07) is 5.08. The van der Waals surface area contributed by atoms with E-state index in [9.17, 15) is 14.6 Å². The minimum absolute atomic E-state index is 0. The number of anilines is 1. The zero-order chi connectivity index (χ0) is 20.4. The monoisotopic (exact) mass is 542 g/mol. The maximum absolute atomic E-state index is 12.1. The van der Waals surface area contributed by atoms with Gasteiger partial charge in [-0.3, -0.25) is 10.9 Å². The van der Waals surface area contributed by atoms with E-state index < -0.39 is 13.0 Å². The molecular formula is C19H27BN2O4W. The van der Waals surface area contributed by atoms with Crippen LogP contribution in [0.2, 0.25) is 0 Å². The van der Waals surface area contributed by atoms with Gasteiger partial charge in [-0.2, -0.15) is 11.5 Å². The second-order valence-electron chi connectivity index (χ2n) is 4.01. The van der Waals surface area contributed by atoms with Crippen molar-refractivity contribution in [2.45, 2.75) is 41.0 Å². The maximum Gasteiger partial charge on any atom is 2.00 e. The third-order valence-corrected chi connectivity index (χ3v) is 2.51. The van der Waals surface area contributed by atoms with Gasteiger partial charge < -0.3 is 19.8 Å². The van der Waals surface area contributed by atoms with E-state index in [0.29, 0.717) is 12.2 Å². The molecule has 1 aromatic rings. The number of allylic oxidation sites excluding steroid dienone is 3. The molecule has 0 fully saturated rings. The van der Waals surface area contributed by atoms with Gasteiger partial charge in [-0.15, -0.1) is 6.42 Å². The molecule has 0 aromatic carbocycles. The van der Waals surface area contributed by atoms with Crippen molar-refractivity contribution in [2.24, 2.45) is 0 Å². The predicted molar refractivity (Wildman–Crippen MR) is 106 cm³/mol. The number of pyridine rings is 1. The summed E-state index contributed by atoms with van der Waals surface area (Å²) in [5.74, 6) is -0.0883. The number of rotatable bonds is 8. The molecule has 0 aliphatic carbocycles. The van der Waals surface area contributed by atoms with Gasteiger partial charge in [0.25, 0.3) is 0 Å². The third kappa shape index (κ3) is 12.9. The van der Waals surface area contributed by atoms with Crippen molar-refractivity contribution in [3.05, 3.63) is 60.2 Å². The van der Waals surface area contributed by atoms with Crippen LogP contribution in [-0.4, -0.2) is 29.5 Å². The van der Waals surface area contributed by atoms with Crippen molar-refractivity contribution in [3.8, 4) is 0 Å². The van der Waals surface area contributed by atoms with Crippen LogP contribution in [0.3, 0.4) is 0 Å². The summed E-state index contributed by atoms with van der Waals surface area (Å²) in [5.41, 5.74) is 0.298. The number of aromatic nitrogens is 1. The molecule has 1 aromatic heterocycles. The summed E-state index contributed by atoms with van der Waals surface area (Å²) in [6.45, 7) is 14.5. The van der Waals surface area contributed by atoms with Crippen LogP contribution >= 0.6 is 0 Å². The zero-order valence-corrected chi connectivity index (χ0v) is 19.4. The molecule has 27 heavy (non-hydrogen) atoms. The van der Waals surface area contributed by atoms with Crippen LogP contribution in [0.5, 0.6) is 0 Å². The van der Waals surface area contributed by atoms with Crippen molar-refractivity contribution in [1.29, 1.82) is 0 Å². The van der Waals surface area contributed by atoms with Crippen LogP contribution in [0.1, 0.15) is 41.0 Å². The first-order valence-corrected chi connectivity index (χ1v) is 8.50. The Kier molecular flexibility index (Phi) is 22.4. The fourth-order valence-corrected chi connectivity index (χ4v) is 1.53. The van der Waals surface area contributed by atoms with Crippen LogP contribution in [0, 0.1) is 6.08 Å². The smallest absolute Gasteiger partial charge is 0.702 e. The minimum atomic E-state index is -1.55. The molecule has 146 valence electrons. The van der Waals surface area contributed by atoms with Crippen molar-refractivity contribution in [1.82, 2.24) is 4.98 Å². The van der Waals surface area contributed by atoms with Gasteiger partial charge in [0.2, 0.25) is 5.91 Å². The number of carbonyl (C=O) groups excluding carboxylic acids is 2. The average Bonchev–Trinajstić information content (AvgIpc) is 2.69. The summed E-state index contributed by atoms with van der Waals surface area (Å²) in [5, 5.41) is 12.2. The van der Waals surface area contributed by atoms with Crippen LogP contribution < -0.4 is 5.32 Å². The number of nitrogens with zero attached hydrogens (tertiary/aromatic N) is 1. The molecule has 1 heterocycles. The quantitative estimate of drug-likeness (QED) is 0.228. The first kappa shape index (κ1) is 29.8. The predicted octanol–water partition coefficient (Wildman–Crippen LogP) is 3.43. The average molecular weight is 542 g/mol. The molecule has 0 aliphatic rings. The minimum Gasteiger partial charge on any atom is -0.702 e. The van der Waals surface area contributed by atoms with E-state index >= 15 is 0 Å². The molecule has 0 aliphatic heterocycles. The largest absolute Gasteiger partial charge is 2.00 e. The van der Waals surface area contributed by atoms with Gasteiger partial charge in [-0.25, -0.2) is 4.98 Å². The van der Waals surface area contributed by atoms with Gasteiger partial charge in [-0.1, -0.05) is 59.8 Å². The Labute approximate surface area is 177 Å². The Morgan fingerprint density at radius 2 is 2.00 bits per heavy atom. The fourth-order valence-electron chi connectivity index (χ4n) is 1.53. The van der Waals surface area contributed by atoms with Crippen molar-refractivity contribution >= 4 is 25.3 Å². The Bertz CT molecular complexity index is 593. The van der Waals surface area contributed by atoms with E-state index in [4.69, 9.17) is 0 Å². The van der Waals surface area contributed by atoms with Gasteiger partial charge in [-0.05, 0) is 17.7 Å². The summed E-state index contributed by atoms with van der Waals surface area (Å²) in [7, 11) is -1.55. The van der Waals surface area contributed by atoms with Gasteiger partial charge in [0.05, 0.1) is 0 Å². The van der Waals surface area contributed by atoms with Crippen LogP contribution in [-0.2, 0) is 35.3 Å². The standard InChI is InChI=1S/C15H15BN2O4.2C2H6.W/c1-3-7-13(16(21)22-11-19)10-12(4-2)15(20)18-14-8-5-6-9-17-14;2*1-2;/h4-6,8-10,21H,2-3H2,1H3,(H,17,18,20);2*1-2H3;/q-2;;;+2/b12-10+;;;. The molecule has 0 saturated heterocycles. The second kappa shape index (κ2) is 20.3. The van der Waals surface area contributed by atoms with E-state index in [0.717, 1.165) is 6.47 Å². The molecule has 6 nitrogen and oxygen atoms in total. The van der Waals surface area contributed by atoms with Crippen molar-refractivity contribution in [3.63, 3.8) is 0 Å². The molecule has 0 bridgehead atoms. The summed E-state index contributed by atoms with van der Waals surface area (Å²) in [6.07, 6.45) is 7.43. The molecular weight excluding hydrogens is 515 g/mol. The molecule has 0 radical (unpaired) electrons. The van der Waals surface area contributed by atoms with Crippen LogP contribution in [0.25, 0.3) is 0 Å². The molecule has 8 heteroatoms. The van der Waals surface area contributed by atoms with E-state index in [-0.39, 0.29) is 32.1 Å².